The molecule has 68 heavy (non-hydrogen) atoms. The summed E-state index contributed by atoms with van der Waals surface area (Å²) >= 11 is 0. The van der Waals surface area contributed by atoms with Crippen LogP contribution in [0.4, 0.5) is 0 Å². The molecule has 0 spiro atoms. The number of hydrogen-bond acceptors (Lipinski definition) is 5. The van der Waals surface area contributed by atoms with Gasteiger partial charge in [-0.2, -0.15) is 9.97 Å². The Hall–Kier alpha value is -9.33. The first kappa shape index (κ1) is 39.1. The lowest BCUT2D eigenvalue weighted by Gasteiger charge is -2.13. The van der Waals surface area contributed by atoms with Crippen molar-refractivity contribution >= 4 is 43.6 Å². The number of para-hydroxylation sites is 2. The topological polar surface area (TPSA) is 74.3 Å². The van der Waals surface area contributed by atoms with E-state index < -0.39 is 0 Å². The molecular weight excluding hydrogens is 831 g/mol. The van der Waals surface area contributed by atoms with Gasteiger partial charge >= 0.3 is 0 Å². The van der Waals surface area contributed by atoms with E-state index in [2.05, 4.69) is 173 Å². The van der Waals surface area contributed by atoms with Crippen molar-refractivity contribution in [2.75, 3.05) is 0 Å². The van der Waals surface area contributed by atoms with Gasteiger partial charge < -0.3 is 4.57 Å². The fourth-order valence-corrected chi connectivity index (χ4v) is 9.64. The molecule has 13 aromatic rings. The van der Waals surface area contributed by atoms with E-state index in [0.717, 1.165) is 94.1 Å². The van der Waals surface area contributed by atoms with Gasteiger partial charge in [-0.3, -0.25) is 4.57 Å². The van der Waals surface area contributed by atoms with Crippen LogP contribution in [0.25, 0.3) is 123 Å². The Morgan fingerprint density at radius 2 is 0.662 bits per heavy atom. The van der Waals surface area contributed by atoms with E-state index in [1.54, 1.807) is 0 Å². The molecule has 318 valence electrons. The predicted molar refractivity (Wildman–Crippen MR) is 277 cm³/mol. The zero-order chi connectivity index (χ0) is 45.0. The molecule has 0 atom stereocenters. The maximum absolute atomic E-state index is 5.27. The highest BCUT2D eigenvalue weighted by Crippen LogP contribution is 2.43. The lowest BCUT2D eigenvalue weighted by molar-refractivity contribution is 0.953. The van der Waals surface area contributed by atoms with Gasteiger partial charge in [0.1, 0.15) is 0 Å². The normalized spacial score (nSPS) is 11.5. The van der Waals surface area contributed by atoms with Crippen LogP contribution in [-0.4, -0.2) is 34.1 Å². The summed E-state index contributed by atoms with van der Waals surface area (Å²) in [7, 11) is 0. The Morgan fingerprint density at radius 1 is 0.250 bits per heavy atom. The monoisotopic (exact) mass is 869 g/mol. The fourth-order valence-electron chi connectivity index (χ4n) is 9.64. The van der Waals surface area contributed by atoms with Gasteiger partial charge in [0.15, 0.2) is 17.5 Å². The van der Waals surface area contributed by atoms with Crippen molar-refractivity contribution in [1.29, 1.82) is 0 Å². The van der Waals surface area contributed by atoms with E-state index in [1.807, 2.05) is 72.8 Å². The first-order chi connectivity index (χ1) is 33.7. The standard InChI is InChI=1S/C61H39N7/c1-5-18-40(19-6-1)41-32-34-43(35-33-41)51-39-50(42-20-7-2-8-21-42)62-60(63-51)46-26-17-27-47(38-46)67-52-30-15-13-28-48(52)56-54(67)36-37-55-57(56)49-29-14-16-31-53(49)68(55)61-65-58(44-22-9-3-10-23-44)64-59(66-61)45-24-11-4-12-25-45/h1-39H. The van der Waals surface area contributed by atoms with Gasteiger partial charge in [0.05, 0.1) is 33.5 Å². The average Bonchev–Trinajstić information content (AvgIpc) is 3.95. The third-order valence-corrected chi connectivity index (χ3v) is 12.8. The number of nitrogens with zero attached hydrogens (tertiary/aromatic N) is 7. The molecule has 0 aliphatic heterocycles. The molecule has 0 aliphatic rings. The Bertz CT molecular complexity index is 3940. The summed E-state index contributed by atoms with van der Waals surface area (Å²) in [5.74, 6) is 2.45. The summed E-state index contributed by atoms with van der Waals surface area (Å²) in [6.07, 6.45) is 0. The lowest BCUT2D eigenvalue weighted by Crippen LogP contribution is -2.06. The van der Waals surface area contributed by atoms with Crippen molar-refractivity contribution in [3.8, 4) is 79.4 Å². The molecule has 0 N–H and O–H groups in total. The average molecular weight is 870 g/mol. The maximum Gasteiger partial charge on any atom is 0.238 e. The third kappa shape index (κ3) is 6.72. The molecule has 4 heterocycles. The fraction of sp³-hybridized carbons (Fsp3) is 0. The smallest absolute Gasteiger partial charge is 0.238 e. The van der Waals surface area contributed by atoms with Crippen molar-refractivity contribution in [3.63, 3.8) is 0 Å². The van der Waals surface area contributed by atoms with Crippen molar-refractivity contribution in [3.05, 3.63) is 237 Å². The molecule has 0 fully saturated rings. The van der Waals surface area contributed by atoms with Crippen LogP contribution in [0.1, 0.15) is 0 Å². The minimum absolute atomic E-state index is 0.559. The van der Waals surface area contributed by atoms with Crippen molar-refractivity contribution < 1.29 is 0 Å². The third-order valence-electron chi connectivity index (χ3n) is 12.8. The number of aromatic nitrogens is 7. The Balaban J connectivity index is 0.992. The molecule has 0 saturated heterocycles. The van der Waals surface area contributed by atoms with Crippen LogP contribution < -0.4 is 0 Å². The van der Waals surface area contributed by atoms with Crippen molar-refractivity contribution in [2.45, 2.75) is 0 Å². The molecule has 0 bridgehead atoms. The molecule has 7 heteroatoms. The highest BCUT2D eigenvalue weighted by Gasteiger charge is 2.23. The van der Waals surface area contributed by atoms with E-state index in [9.17, 15) is 0 Å². The van der Waals surface area contributed by atoms with Gasteiger partial charge in [-0.05, 0) is 53.6 Å². The molecule has 7 nitrogen and oxygen atoms in total. The highest BCUT2D eigenvalue weighted by molar-refractivity contribution is 6.28. The Morgan fingerprint density at radius 3 is 1.24 bits per heavy atom. The van der Waals surface area contributed by atoms with Crippen LogP contribution in [0.3, 0.4) is 0 Å². The van der Waals surface area contributed by atoms with Crippen LogP contribution in [0.5, 0.6) is 0 Å². The number of fused-ring (bicyclic) bond motifs is 7. The minimum Gasteiger partial charge on any atom is -0.309 e. The van der Waals surface area contributed by atoms with Crippen molar-refractivity contribution in [1.82, 2.24) is 34.1 Å². The predicted octanol–water partition coefficient (Wildman–Crippen LogP) is 14.9. The summed E-state index contributed by atoms with van der Waals surface area (Å²) in [6, 6.07) is 82.1. The van der Waals surface area contributed by atoms with E-state index >= 15 is 0 Å². The van der Waals surface area contributed by atoms with Crippen LogP contribution in [0.15, 0.2) is 237 Å². The van der Waals surface area contributed by atoms with Crippen molar-refractivity contribution in [2.24, 2.45) is 0 Å². The van der Waals surface area contributed by atoms with E-state index in [-0.39, 0.29) is 0 Å². The molecular formula is C61H39N7. The Kier molecular flexibility index (Phi) is 9.35. The molecule has 0 aliphatic carbocycles. The molecule has 4 aromatic heterocycles. The zero-order valence-corrected chi connectivity index (χ0v) is 36.6. The number of benzene rings is 9. The second-order valence-electron chi connectivity index (χ2n) is 16.9. The molecule has 0 radical (unpaired) electrons. The lowest BCUT2D eigenvalue weighted by atomic mass is 10.0. The van der Waals surface area contributed by atoms with Crippen LogP contribution in [0.2, 0.25) is 0 Å². The first-order valence-electron chi connectivity index (χ1n) is 22.8. The number of rotatable bonds is 8. The maximum atomic E-state index is 5.27. The largest absolute Gasteiger partial charge is 0.309 e. The molecule has 9 aromatic carbocycles. The van der Waals surface area contributed by atoms with Crippen LogP contribution >= 0.6 is 0 Å². The second kappa shape index (κ2) is 16.3. The first-order valence-corrected chi connectivity index (χ1v) is 22.8. The summed E-state index contributed by atoms with van der Waals surface area (Å²) in [6.45, 7) is 0. The molecule has 0 amide bonds. The van der Waals surface area contributed by atoms with Gasteiger partial charge in [-0.25, -0.2) is 15.0 Å². The van der Waals surface area contributed by atoms with E-state index in [1.165, 1.54) is 5.56 Å². The summed E-state index contributed by atoms with van der Waals surface area (Å²) in [5.41, 5.74) is 14.1. The molecule has 13 rings (SSSR count). The second-order valence-corrected chi connectivity index (χ2v) is 16.9. The Labute approximate surface area is 392 Å². The van der Waals surface area contributed by atoms with Gasteiger partial charge in [0.2, 0.25) is 5.95 Å². The SMILES string of the molecule is c1ccc(-c2ccc(-c3cc(-c4ccccc4)nc(-c4cccc(-n5c6ccccc6c6c7c8ccccc8n(-c8nc(-c9ccccc9)nc(-c9ccccc9)n8)c7ccc65)c4)n3)cc2)cc1. The summed E-state index contributed by atoms with van der Waals surface area (Å²) < 4.78 is 4.56. The summed E-state index contributed by atoms with van der Waals surface area (Å²) in [4.78, 5) is 25.9. The van der Waals surface area contributed by atoms with E-state index in [4.69, 9.17) is 24.9 Å². The quantitative estimate of drug-likeness (QED) is 0.152. The van der Waals surface area contributed by atoms with Crippen LogP contribution in [-0.2, 0) is 0 Å². The summed E-state index contributed by atoms with van der Waals surface area (Å²) in [5, 5.41) is 4.55. The van der Waals surface area contributed by atoms with Gasteiger partial charge in [-0.15, -0.1) is 0 Å². The van der Waals surface area contributed by atoms with Gasteiger partial charge in [0.25, 0.3) is 0 Å². The van der Waals surface area contributed by atoms with Gasteiger partial charge in [0, 0.05) is 55.0 Å². The highest BCUT2D eigenvalue weighted by atomic mass is 15.2. The minimum atomic E-state index is 0.559. The zero-order valence-electron chi connectivity index (χ0n) is 36.6. The van der Waals surface area contributed by atoms with E-state index in [0.29, 0.717) is 23.4 Å². The number of hydrogen-bond donors (Lipinski definition) is 0. The van der Waals surface area contributed by atoms with Crippen LogP contribution in [0, 0.1) is 0 Å². The molecule has 0 unspecified atom stereocenters. The molecule has 0 saturated carbocycles. The van der Waals surface area contributed by atoms with Gasteiger partial charge in [-0.1, -0.05) is 194 Å².